The number of hydrogen-bond donors (Lipinski definition) is 1. The van der Waals surface area contributed by atoms with Crippen LogP contribution in [-0.2, 0) is 14.8 Å². The van der Waals surface area contributed by atoms with Crippen LogP contribution in [0.25, 0.3) is 0 Å². The third-order valence-electron chi connectivity index (χ3n) is 5.32. The molecule has 2 amide bonds. The summed E-state index contributed by atoms with van der Waals surface area (Å²) in [6.45, 7) is 7.41. The van der Waals surface area contributed by atoms with E-state index in [1.807, 2.05) is 4.90 Å². The van der Waals surface area contributed by atoms with Crippen LogP contribution < -0.4 is 4.72 Å². The van der Waals surface area contributed by atoms with Crippen molar-refractivity contribution in [1.82, 2.24) is 14.5 Å². The van der Waals surface area contributed by atoms with Gasteiger partial charge in [0.25, 0.3) is 5.91 Å². The molecular formula is C21H31N3O4S. The highest BCUT2D eigenvalue weighted by molar-refractivity contribution is 7.89. The summed E-state index contributed by atoms with van der Waals surface area (Å²) in [4.78, 5) is 29.7. The van der Waals surface area contributed by atoms with E-state index in [0.29, 0.717) is 18.5 Å². The molecule has 1 unspecified atom stereocenters. The second-order valence-corrected chi connectivity index (χ2v) is 10.6. The fourth-order valence-corrected chi connectivity index (χ4v) is 5.40. The zero-order chi connectivity index (χ0) is 21.2. The molecule has 0 aromatic heterocycles. The zero-order valence-electron chi connectivity index (χ0n) is 17.5. The van der Waals surface area contributed by atoms with Crippen molar-refractivity contribution in [2.75, 3.05) is 19.6 Å². The first kappa shape index (κ1) is 21.8. The molecule has 0 aliphatic carbocycles. The Balaban J connectivity index is 1.77. The molecule has 3 rings (SSSR count). The summed E-state index contributed by atoms with van der Waals surface area (Å²) >= 11 is 0. The normalized spacial score (nSPS) is 20.7. The van der Waals surface area contributed by atoms with Crippen molar-refractivity contribution in [1.29, 1.82) is 0 Å². The Bertz CT molecular complexity index is 853. The van der Waals surface area contributed by atoms with Crippen molar-refractivity contribution >= 4 is 21.8 Å². The molecule has 2 aliphatic heterocycles. The average molecular weight is 422 g/mol. The van der Waals surface area contributed by atoms with Gasteiger partial charge in [-0.15, -0.1) is 0 Å². The van der Waals surface area contributed by atoms with Crippen molar-refractivity contribution in [2.24, 2.45) is 0 Å². The minimum absolute atomic E-state index is 0.0455. The van der Waals surface area contributed by atoms with E-state index in [2.05, 4.69) is 4.72 Å². The average Bonchev–Trinajstić information content (AvgIpc) is 3.20. The van der Waals surface area contributed by atoms with E-state index in [4.69, 9.17) is 0 Å². The van der Waals surface area contributed by atoms with Crippen LogP contribution in [0.5, 0.6) is 0 Å². The number of rotatable bonds is 4. The summed E-state index contributed by atoms with van der Waals surface area (Å²) in [5, 5.41) is 0. The van der Waals surface area contributed by atoms with Crippen LogP contribution in [0.15, 0.2) is 29.2 Å². The van der Waals surface area contributed by atoms with Gasteiger partial charge >= 0.3 is 0 Å². The standard InChI is InChI=1S/C21H31N3O4S/c1-21(2,3)22-29(27,28)17-11-9-16(10-12-17)19(25)24-15-5-4-8-18(24)20(26)23-13-6-7-14-23/h9-12,18,22H,4-8,13-15H2,1-3H3. The van der Waals surface area contributed by atoms with Gasteiger partial charge in [0.1, 0.15) is 6.04 Å². The Kier molecular flexibility index (Phi) is 6.33. The molecule has 160 valence electrons. The fraction of sp³-hybridized carbons (Fsp3) is 0.619. The van der Waals surface area contributed by atoms with Crippen molar-refractivity contribution in [2.45, 2.75) is 69.4 Å². The maximum absolute atomic E-state index is 13.1. The fourth-order valence-electron chi connectivity index (χ4n) is 3.98. The summed E-state index contributed by atoms with van der Waals surface area (Å²) in [6, 6.07) is 5.54. The Labute approximate surface area is 173 Å². The zero-order valence-corrected chi connectivity index (χ0v) is 18.3. The highest BCUT2D eigenvalue weighted by Gasteiger charge is 2.36. The molecule has 0 bridgehead atoms. The lowest BCUT2D eigenvalue weighted by Gasteiger charge is -2.36. The molecular weight excluding hydrogens is 390 g/mol. The lowest BCUT2D eigenvalue weighted by molar-refractivity contribution is -0.136. The number of carbonyl (C=O) groups is 2. The van der Waals surface area contributed by atoms with Gasteiger partial charge in [-0.3, -0.25) is 9.59 Å². The molecule has 1 aromatic carbocycles. The maximum atomic E-state index is 13.1. The number of carbonyl (C=O) groups excluding carboxylic acids is 2. The van der Waals surface area contributed by atoms with Gasteiger partial charge < -0.3 is 9.80 Å². The van der Waals surface area contributed by atoms with E-state index >= 15 is 0 Å². The summed E-state index contributed by atoms with van der Waals surface area (Å²) in [5.41, 5.74) is -0.189. The number of sulfonamides is 1. The maximum Gasteiger partial charge on any atom is 0.254 e. The van der Waals surface area contributed by atoms with Gasteiger partial charge in [-0.1, -0.05) is 0 Å². The van der Waals surface area contributed by atoms with E-state index in [0.717, 1.165) is 38.8 Å². The summed E-state index contributed by atoms with van der Waals surface area (Å²) < 4.78 is 27.5. The Morgan fingerprint density at radius 1 is 0.966 bits per heavy atom. The van der Waals surface area contributed by atoms with E-state index in [9.17, 15) is 18.0 Å². The van der Waals surface area contributed by atoms with Gasteiger partial charge in [0.15, 0.2) is 0 Å². The lowest BCUT2D eigenvalue weighted by atomic mass is 9.99. The monoisotopic (exact) mass is 421 g/mol. The van der Waals surface area contributed by atoms with Gasteiger partial charge in [-0.2, -0.15) is 0 Å². The van der Waals surface area contributed by atoms with Crippen LogP contribution in [0.4, 0.5) is 0 Å². The minimum atomic E-state index is -3.66. The predicted molar refractivity (Wildman–Crippen MR) is 111 cm³/mol. The third-order valence-corrected chi connectivity index (χ3v) is 7.09. The van der Waals surface area contributed by atoms with Crippen molar-refractivity contribution in [3.8, 4) is 0 Å². The smallest absolute Gasteiger partial charge is 0.254 e. The van der Waals surface area contributed by atoms with E-state index in [1.54, 1.807) is 25.7 Å². The molecule has 8 heteroatoms. The number of benzene rings is 1. The van der Waals surface area contributed by atoms with Gasteiger partial charge in [0, 0.05) is 30.7 Å². The SMILES string of the molecule is CC(C)(C)NS(=O)(=O)c1ccc(C(=O)N2CCCCC2C(=O)N2CCCC2)cc1. The van der Waals surface area contributed by atoms with Crippen molar-refractivity contribution < 1.29 is 18.0 Å². The topological polar surface area (TPSA) is 86.8 Å². The highest BCUT2D eigenvalue weighted by Crippen LogP contribution is 2.24. The number of nitrogens with zero attached hydrogens (tertiary/aromatic N) is 2. The molecule has 0 saturated carbocycles. The summed E-state index contributed by atoms with van der Waals surface area (Å²) in [5.74, 6) is -0.167. The lowest BCUT2D eigenvalue weighted by Crippen LogP contribution is -2.52. The molecule has 29 heavy (non-hydrogen) atoms. The van der Waals surface area contributed by atoms with Crippen LogP contribution in [0.1, 0.15) is 63.2 Å². The first-order valence-corrected chi connectivity index (χ1v) is 11.8. The molecule has 0 spiro atoms. The van der Waals surface area contributed by atoms with Gasteiger partial charge in [-0.05, 0) is 77.1 Å². The summed E-state index contributed by atoms with van der Waals surface area (Å²) in [7, 11) is -3.66. The van der Waals surface area contributed by atoms with E-state index < -0.39 is 21.6 Å². The second kappa shape index (κ2) is 8.44. The van der Waals surface area contributed by atoms with Gasteiger partial charge in [0.05, 0.1) is 4.90 Å². The molecule has 1 N–H and O–H groups in total. The molecule has 2 saturated heterocycles. The number of likely N-dealkylation sites (tertiary alicyclic amines) is 2. The van der Waals surface area contributed by atoms with Crippen LogP contribution in [-0.4, -0.2) is 61.2 Å². The quantitative estimate of drug-likeness (QED) is 0.809. The molecule has 1 atom stereocenters. The van der Waals surface area contributed by atoms with Crippen LogP contribution >= 0.6 is 0 Å². The van der Waals surface area contributed by atoms with Gasteiger partial charge in [0.2, 0.25) is 15.9 Å². The first-order valence-electron chi connectivity index (χ1n) is 10.3. The first-order chi connectivity index (χ1) is 13.6. The van der Waals surface area contributed by atoms with E-state index in [-0.39, 0.29) is 16.7 Å². The van der Waals surface area contributed by atoms with Crippen LogP contribution in [0.2, 0.25) is 0 Å². The van der Waals surface area contributed by atoms with E-state index in [1.165, 1.54) is 24.3 Å². The van der Waals surface area contributed by atoms with Crippen molar-refractivity contribution in [3.05, 3.63) is 29.8 Å². The second-order valence-electron chi connectivity index (χ2n) is 8.92. The van der Waals surface area contributed by atoms with Crippen LogP contribution in [0, 0.1) is 0 Å². The molecule has 2 fully saturated rings. The number of amides is 2. The molecule has 2 heterocycles. The van der Waals surface area contributed by atoms with Crippen LogP contribution in [0.3, 0.4) is 0 Å². The Morgan fingerprint density at radius 3 is 2.14 bits per heavy atom. The minimum Gasteiger partial charge on any atom is -0.341 e. The Morgan fingerprint density at radius 2 is 1.55 bits per heavy atom. The number of hydrogen-bond acceptors (Lipinski definition) is 4. The molecule has 1 aromatic rings. The molecule has 7 nitrogen and oxygen atoms in total. The largest absolute Gasteiger partial charge is 0.341 e. The van der Waals surface area contributed by atoms with Crippen molar-refractivity contribution in [3.63, 3.8) is 0 Å². The molecule has 2 aliphatic rings. The summed E-state index contributed by atoms with van der Waals surface area (Å²) in [6.07, 6.45) is 4.53. The predicted octanol–water partition coefficient (Wildman–Crippen LogP) is 2.38. The number of piperidine rings is 1. The molecule has 0 radical (unpaired) electrons. The Hall–Kier alpha value is -1.93. The highest BCUT2D eigenvalue weighted by atomic mass is 32.2. The number of nitrogens with one attached hydrogen (secondary N) is 1. The third kappa shape index (κ3) is 5.17. The van der Waals surface area contributed by atoms with Gasteiger partial charge in [-0.25, -0.2) is 13.1 Å².